The van der Waals surface area contributed by atoms with E-state index in [1.807, 2.05) is 54.6 Å². The van der Waals surface area contributed by atoms with Gasteiger partial charge in [-0.15, -0.1) is 0 Å². The summed E-state index contributed by atoms with van der Waals surface area (Å²) in [5.74, 6) is 5.15. The fourth-order valence-electron chi connectivity index (χ4n) is 2.81. The highest BCUT2D eigenvalue weighted by Gasteiger charge is 2.13. The average molecular weight is 418 g/mol. The number of esters is 1. The molecule has 0 fully saturated rings. The van der Waals surface area contributed by atoms with Crippen LogP contribution in [-0.2, 0) is 19.0 Å². The summed E-state index contributed by atoms with van der Waals surface area (Å²) in [6, 6.07) is 20.6. The molecule has 0 bridgehead atoms. The van der Waals surface area contributed by atoms with Crippen LogP contribution in [0.1, 0.15) is 24.2 Å². The Balaban J connectivity index is 1.42. The fourth-order valence-corrected chi connectivity index (χ4v) is 2.81. The van der Waals surface area contributed by atoms with Gasteiger partial charge in [0.05, 0.1) is 7.11 Å². The van der Waals surface area contributed by atoms with Crippen molar-refractivity contribution < 1.29 is 28.5 Å². The Bertz CT molecular complexity index is 1110. The molecule has 0 spiro atoms. The molecule has 3 aromatic rings. The molecule has 0 unspecified atom stereocenters. The molecule has 0 saturated carbocycles. The third-order valence-corrected chi connectivity index (χ3v) is 4.43. The van der Waals surface area contributed by atoms with E-state index >= 15 is 0 Å². The molecule has 0 aliphatic rings. The molecule has 0 aromatic heterocycles. The second kappa shape index (κ2) is 10.7. The normalized spacial score (nSPS) is 11.0. The van der Waals surface area contributed by atoms with Crippen LogP contribution in [0.15, 0.2) is 66.7 Å². The number of carbonyl (C=O) groups excluding carboxylic acids is 2. The van der Waals surface area contributed by atoms with Gasteiger partial charge in [-0.25, -0.2) is 9.59 Å². The van der Waals surface area contributed by atoms with Gasteiger partial charge in [0.1, 0.15) is 25.1 Å². The topological polar surface area (TPSA) is 71.1 Å². The molecule has 6 heteroatoms. The standard InChI is InChI=1S/C25H22O6/c1-18(20-9-10-22-17-23(28-2)12-11-21(22)16-20)31-25(27)30-15-14-29-24(26)13-8-19-6-4-3-5-7-19/h3-7,9-12,16-18H,14-15H2,1-2H3/t18-/m1/s1. The Hall–Kier alpha value is -3.98. The van der Waals surface area contributed by atoms with E-state index in [0.717, 1.165) is 22.1 Å². The van der Waals surface area contributed by atoms with Crippen LogP contribution in [0, 0.1) is 11.8 Å². The molecular weight excluding hydrogens is 396 g/mol. The molecule has 3 aromatic carbocycles. The van der Waals surface area contributed by atoms with E-state index in [1.54, 1.807) is 26.2 Å². The van der Waals surface area contributed by atoms with E-state index < -0.39 is 18.2 Å². The van der Waals surface area contributed by atoms with Gasteiger partial charge < -0.3 is 18.9 Å². The molecular formula is C25H22O6. The first kappa shape index (κ1) is 21.7. The van der Waals surface area contributed by atoms with Gasteiger partial charge in [0.25, 0.3) is 0 Å². The van der Waals surface area contributed by atoms with Crippen molar-refractivity contribution in [2.75, 3.05) is 20.3 Å². The zero-order valence-electron chi connectivity index (χ0n) is 17.3. The summed E-state index contributed by atoms with van der Waals surface area (Å²) in [4.78, 5) is 23.5. The smallest absolute Gasteiger partial charge is 0.497 e. The van der Waals surface area contributed by atoms with Crippen LogP contribution >= 0.6 is 0 Å². The summed E-state index contributed by atoms with van der Waals surface area (Å²) in [6.45, 7) is 1.52. The van der Waals surface area contributed by atoms with E-state index in [1.165, 1.54) is 0 Å². The first-order valence-electron chi connectivity index (χ1n) is 9.70. The lowest BCUT2D eigenvalue weighted by atomic mass is 10.0. The number of fused-ring (bicyclic) bond motifs is 1. The van der Waals surface area contributed by atoms with Gasteiger partial charge in [-0.05, 0) is 53.6 Å². The fraction of sp³-hybridized carbons (Fsp3) is 0.200. The molecule has 0 amide bonds. The molecule has 0 radical (unpaired) electrons. The first-order valence-corrected chi connectivity index (χ1v) is 9.70. The molecule has 31 heavy (non-hydrogen) atoms. The highest BCUT2D eigenvalue weighted by Crippen LogP contribution is 2.25. The molecule has 3 rings (SSSR count). The van der Waals surface area contributed by atoms with Gasteiger partial charge in [-0.3, -0.25) is 0 Å². The summed E-state index contributed by atoms with van der Waals surface area (Å²) in [5.41, 5.74) is 1.54. The minimum Gasteiger partial charge on any atom is -0.497 e. The Kier molecular flexibility index (Phi) is 7.50. The van der Waals surface area contributed by atoms with Gasteiger partial charge in [-0.1, -0.05) is 42.3 Å². The highest BCUT2D eigenvalue weighted by molar-refractivity contribution is 5.89. The lowest BCUT2D eigenvalue weighted by Gasteiger charge is -2.14. The van der Waals surface area contributed by atoms with Crippen LogP contribution in [0.3, 0.4) is 0 Å². The van der Waals surface area contributed by atoms with Crippen molar-refractivity contribution in [2.45, 2.75) is 13.0 Å². The number of hydrogen-bond acceptors (Lipinski definition) is 6. The maximum absolute atomic E-state index is 11.9. The van der Waals surface area contributed by atoms with Gasteiger partial charge in [0.15, 0.2) is 0 Å². The molecule has 6 nitrogen and oxygen atoms in total. The molecule has 0 aliphatic heterocycles. The Morgan fingerprint density at radius 3 is 2.39 bits per heavy atom. The van der Waals surface area contributed by atoms with E-state index in [0.29, 0.717) is 5.56 Å². The number of hydrogen-bond donors (Lipinski definition) is 0. The number of rotatable bonds is 6. The van der Waals surface area contributed by atoms with E-state index in [2.05, 4.69) is 11.8 Å². The average Bonchev–Trinajstić information content (AvgIpc) is 2.80. The first-order chi connectivity index (χ1) is 15.0. The minimum atomic E-state index is -0.839. The van der Waals surface area contributed by atoms with Crippen molar-refractivity contribution >= 4 is 22.9 Å². The summed E-state index contributed by atoms with van der Waals surface area (Å²) >= 11 is 0. The Morgan fingerprint density at radius 2 is 1.61 bits per heavy atom. The Morgan fingerprint density at radius 1 is 0.903 bits per heavy atom. The minimum absolute atomic E-state index is 0.108. The van der Waals surface area contributed by atoms with Crippen LogP contribution in [0.25, 0.3) is 10.8 Å². The molecule has 158 valence electrons. The summed E-state index contributed by atoms with van der Waals surface area (Å²) in [7, 11) is 1.62. The lowest BCUT2D eigenvalue weighted by molar-refractivity contribution is -0.138. The van der Waals surface area contributed by atoms with Gasteiger partial charge in [0.2, 0.25) is 0 Å². The predicted octanol–water partition coefficient (Wildman–Crippen LogP) is 4.66. The number of methoxy groups -OCH3 is 1. The highest BCUT2D eigenvalue weighted by atomic mass is 16.7. The summed E-state index contributed by atoms with van der Waals surface area (Å²) in [6.07, 6.45) is -1.34. The Labute approximate surface area is 180 Å². The number of benzene rings is 3. The lowest BCUT2D eigenvalue weighted by Crippen LogP contribution is -2.15. The third-order valence-electron chi connectivity index (χ3n) is 4.43. The maximum atomic E-state index is 11.9. The quantitative estimate of drug-likeness (QED) is 0.329. The van der Waals surface area contributed by atoms with Crippen molar-refractivity contribution in [3.05, 3.63) is 77.9 Å². The van der Waals surface area contributed by atoms with E-state index in [9.17, 15) is 9.59 Å². The van der Waals surface area contributed by atoms with Crippen LogP contribution in [0.5, 0.6) is 5.75 Å². The van der Waals surface area contributed by atoms with Crippen molar-refractivity contribution in [3.8, 4) is 17.6 Å². The van der Waals surface area contributed by atoms with E-state index in [-0.39, 0.29) is 13.2 Å². The van der Waals surface area contributed by atoms with Crippen molar-refractivity contribution in [2.24, 2.45) is 0 Å². The summed E-state index contributed by atoms with van der Waals surface area (Å²) < 4.78 is 20.4. The number of carbonyl (C=O) groups is 2. The van der Waals surface area contributed by atoms with Crippen LogP contribution in [0.2, 0.25) is 0 Å². The second-order valence-electron chi connectivity index (χ2n) is 6.58. The largest absolute Gasteiger partial charge is 0.508 e. The maximum Gasteiger partial charge on any atom is 0.508 e. The van der Waals surface area contributed by atoms with E-state index in [4.69, 9.17) is 18.9 Å². The summed E-state index contributed by atoms with van der Waals surface area (Å²) in [5, 5.41) is 2.03. The molecule has 0 heterocycles. The molecule has 1 atom stereocenters. The SMILES string of the molecule is COc1ccc2cc([C@@H](C)OC(=O)OCCOC(=O)C#Cc3ccccc3)ccc2c1. The monoisotopic (exact) mass is 418 g/mol. The van der Waals surface area contributed by atoms with Gasteiger partial charge >= 0.3 is 12.1 Å². The third kappa shape index (κ3) is 6.51. The van der Waals surface area contributed by atoms with Gasteiger partial charge in [-0.2, -0.15) is 0 Å². The molecule has 0 aliphatic carbocycles. The predicted molar refractivity (Wildman–Crippen MR) is 116 cm³/mol. The van der Waals surface area contributed by atoms with Crippen LogP contribution in [-0.4, -0.2) is 32.4 Å². The number of ether oxygens (including phenoxy) is 4. The van der Waals surface area contributed by atoms with Crippen LogP contribution < -0.4 is 4.74 Å². The van der Waals surface area contributed by atoms with Crippen molar-refractivity contribution in [3.63, 3.8) is 0 Å². The second-order valence-corrected chi connectivity index (χ2v) is 6.58. The molecule has 0 saturated heterocycles. The molecule has 0 N–H and O–H groups in total. The zero-order chi connectivity index (χ0) is 22.1. The van der Waals surface area contributed by atoms with Crippen LogP contribution in [0.4, 0.5) is 4.79 Å². The van der Waals surface area contributed by atoms with Gasteiger partial charge in [0, 0.05) is 11.5 Å². The zero-order valence-corrected chi connectivity index (χ0v) is 17.3. The van der Waals surface area contributed by atoms with Crippen molar-refractivity contribution in [1.29, 1.82) is 0 Å². The van der Waals surface area contributed by atoms with Crippen molar-refractivity contribution in [1.82, 2.24) is 0 Å².